The SMILES string of the molecule is CCOC(=O)C1CC(Cc2cccc(C#N)c2)CCC1=O. The van der Waals surface area contributed by atoms with E-state index in [1.165, 1.54) is 0 Å². The van der Waals surface area contributed by atoms with E-state index in [4.69, 9.17) is 10.00 Å². The monoisotopic (exact) mass is 285 g/mol. The Bertz CT molecular complexity index is 574. The highest BCUT2D eigenvalue weighted by Gasteiger charge is 2.34. The lowest BCUT2D eigenvalue weighted by atomic mass is 9.78. The van der Waals surface area contributed by atoms with Crippen molar-refractivity contribution >= 4 is 11.8 Å². The molecule has 21 heavy (non-hydrogen) atoms. The lowest BCUT2D eigenvalue weighted by Gasteiger charge is -2.26. The number of hydrogen-bond acceptors (Lipinski definition) is 4. The molecular weight excluding hydrogens is 266 g/mol. The van der Waals surface area contributed by atoms with E-state index in [9.17, 15) is 9.59 Å². The van der Waals surface area contributed by atoms with E-state index >= 15 is 0 Å². The predicted molar refractivity (Wildman–Crippen MR) is 77.3 cm³/mol. The van der Waals surface area contributed by atoms with Crippen LogP contribution >= 0.6 is 0 Å². The number of nitrogens with zero attached hydrogens (tertiary/aromatic N) is 1. The molecule has 2 unspecified atom stereocenters. The maximum absolute atomic E-state index is 11.9. The highest BCUT2D eigenvalue weighted by molar-refractivity contribution is 5.99. The Balaban J connectivity index is 2.02. The van der Waals surface area contributed by atoms with Crippen LogP contribution < -0.4 is 0 Å². The third-order valence-corrected chi connectivity index (χ3v) is 3.91. The largest absolute Gasteiger partial charge is 0.465 e. The molecule has 110 valence electrons. The van der Waals surface area contributed by atoms with Crippen molar-refractivity contribution in [3.8, 4) is 6.07 Å². The molecule has 1 fully saturated rings. The zero-order valence-corrected chi connectivity index (χ0v) is 12.2. The first-order valence-corrected chi connectivity index (χ1v) is 7.32. The summed E-state index contributed by atoms with van der Waals surface area (Å²) in [6.45, 7) is 2.05. The predicted octanol–water partition coefficient (Wildman–Crippen LogP) is 2.65. The Morgan fingerprint density at radius 1 is 1.48 bits per heavy atom. The first kappa shape index (κ1) is 15.2. The van der Waals surface area contributed by atoms with Crippen LogP contribution in [0.15, 0.2) is 24.3 Å². The van der Waals surface area contributed by atoms with Gasteiger partial charge in [-0.05, 0) is 49.8 Å². The van der Waals surface area contributed by atoms with Gasteiger partial charge < -0.3 is 4.74 Å². The Hall–Kier alpha value is -2.15. The van der Waals surface area contributed by atoms with Crippen molar-refractivity contribution < 1.29 is 14.3 Å². The first-order valence-electron chi connectivity index (χ1n) is 7.32. The normalized spacial score (nSPS) is 21.6. The number of carbonyl (C=O) groups is 2. The van der Waals surface area contributed by atoms with E-state index < -0.39 is 11.9 Å². The standard InChI is InChI=1S/C17H19NO3/c1-2-21-17(20)15-10-13(6-7-16(15)19)8-12-4-3-5-14(9-12)11-18/h3-5,9,13,15H,2,6-8,10H2,1H3. The van der Waals surface area contributed by atoms with Gasteiger partial charge in [0, 0.05) is 6.42 Å². The molecule has 4 nitrogen and oxygen atoms in total. The zero-order valence-electron chi connectivity index (χ0n) is 12.2. The number of ketones is 1. The van der Waals surface area contributed by atoms with Crippen molar-refractivity contribution in [1.29, 1.82) is 5.26 Å². The Kier molecular flexibility index (Phi) is 5.10. The molecule has 0 saturated heterocycles. The summed E-state index contributed by atoms with van der Waals surface area (Å²) in [5.41, 5.74) is 1.72. The summed E-state index contributed by atoms with van der Waals surface area (Å²) >= 11 is 0. The summed E-state index contributed by atoms with van der Waals surface area (Å²) in [5.74, 6) is -0.720. The van der Waals surface area contributed by atoms with Gasteiger partial charge in [-0.15, -0.1) is 0 Å². The molecule has 0 radical (unpaired) electrons. The molecule has 0 aliphatic heterocycles. The van der Waals surface area contributed by atoms with E-state index in [2.05, 4.69) is 6.07 Å². The third kappa shape index (κ3) is 3.91. The number of carbonyl (C=O) groups excluding carboxylic acids is 2. The zero-order chi connectivity index (χ0) is 15.2. The fourth-order valence-corrected chi connectivity index (χ4v) is 2.86. The highest BCUT2D eigenvalue weighted by Crippen LogP contribution is 2.30. The van der Waals surface area contributed by atoms with Crippen LogP contribution in [-0.4, -0.2) is 18.4 Å². The number of hydrogen-bond donors (Lipinski definition) is 0. The van der Waals surface area contributed by atoms with E-state index in [0.717, 1.165) is 18.4 Å². The fraction of sp³-hybridized carbons (Fsp3) is 0.471. The van der Waals surface area contributed by atoms with Gasteiger partial charge in [0.05, 0.1) is 18.2 Å². The number of Topliss-reactive ketones (excluding diaryl/α,β-unsaturated/α-hetero) is 1. The molecule has 1 aromatic rings. The van der Waals surface area contributed by atoms with Crippen molar-refractivity contribution in [1.82, 2.24) is 0 Å². The minimum Gasteiger partial charge on any atom is -0.465 e. The van der Waals surface area contributed by atoms with Crippen LogP contribution in [0.1, 0.15) is 37.3 Å². The van der Waals surface area contributed by atoms with Crippen LogP contribution in [0.2, 0.25) is 0 Å². The molecule has 0 N–H and O–H groups in total. The van der Waals surface area contributed by atoms with Gasteiger partial charge in [0.25, 0.3) is 0 Å². The van der Waals surface area contributed by atoms with E-state index in [0.29, 0.717) is 25.0 Å². The van der Waals surface area contributed by atoms with Gasteiger partial charge in [-0.25, -0.2) is 0 Å². The lowest BCUT2D eigenvalue weighted by molar-refractivity contribution is -0.153. The van der Waals surface area contributed by atoms with Crippen molar-refractivity contribution in [3.05, 3.63) is 35.4 Å². The molecule has 2 rings (SSSR count). The molecule has 1 aliphatic carbocycles. The Morgan fingerprint density at radius 3 is 3.00 bits per heavy atom. The second kappa shape index (κ2) is 7.03. The average Bonchev–Trinajstić information content (AvgIpc) is 2.49. The molecule has 1 aliphatic rings. The average molecular weight is 285 g/mol. The minimum absolute atomic E-state index is 0.00419. The quantitative estimate of drug-likeness (QED) is 0.630. The number of benzene rings is 1. The van der Waals surface area contributed by atoms with Crippen LogP contribution in [0.5, 0.6) is 0 Å². The van der Waals surface area contributed by atoms with Gasteiger partial charge in [-0.3, -0.25) is 9.59 Å². The smallest absolute Gasteiger partial charge is 0.316 e. The maximum Gasteiger partial charge on any atom is 0.316 e. The summed E-state index contributed by atoms with van der Waals surface area (Å²) < 4.78 is 4.98. The summed E-state index contributed by atoms with van der Waals surface area (Å²) in [6.07, 6.45) is 2.57. The molecular formula is C17H19NO3. The maximum atomic E-state index is 11.9. The van der Waals surface area contributed by atoms with Crippen molar-refractivity contribution in [2.45, 2.75) is 32.6 Å². The number of rotatable bonds is 4. The summed E-state index contributed by atoms with van der Waals surface area (Å²) in [6, 6.07) is 9.62. The topological polar surface area (TPSA) is 67.2 Å². The Morgan fingerprint density at radius 2 is 2.29 bits per heavy atom. The van der Waals surface area contributed by atoms with Gasteiger partial charge in [0.1, 0.15) is 11.7 Å². The van der Waals surface area contributed by atoms with E-state index in [1.807, 2.05) is 18.2 Å². The highest BCUT2D eigenvalue weighted by atomic mass is 16.5. The van der Waals surface area contributed by atoms with Crippen LogP contribution in [0, 0.1) is 23.2 Å². The molecule has 0 aromatic heterocycles. The van der Waals surface area contributed by atoms with Gasteiger partial charge in [-0.1, -0.05) is 12.1 Å². The molecule has 1 aromatic carbocycles. The number of nitriles is 1. The van der Waals surface area contributed by atoms with Crippen LogP contribution in [0.3, 0.4) is 0 Å². The second-order valence-corrected chi connectivity index (χ2v) is 5.43. The van der Waals surface area contributed by atoms with Gasteiger partial charge in [-0.2, -0.15) is 5.26 Å². The minimum atomic E-state index is -0.608. The van der Waals surface area contributed by atoms with Crippen LogP contribution in [0.25, 0.3) is 0 Å². The summed E-state index contributed by atoms with van der Waals surface area (Å²) in [7, 11) is 0. The fourth-order valence-electron chi connectivity index (χ4n) is 2.86. The molecule has 0 heterocycles. The summed E-state index contributed by atoms with van der Waals surface area (Å²) in [5, 5.41) is 8.92. The van der Waals surface area contributed by atoms with E-state index in [1.54, 1.807) is 13.0 Å². The number of ether oxygens (including phenoxy) is 1. The van der Waals surface area contributed by atoms with Crippen LogP contribution in [-0.2, 0) is 20.7 Å². The van der Waals surface area contributed by atoms with Crippen molar-refractivity contribution in [2.75, 3.05) is 6.61 Å². The summed E-state index contributed by atoms with van der Waals surface area (Å²) in [4.78, 5) is 23.7. The van der Waals surface area contributed by atoms with Gasteiger partial charge >= 0.3 is 5.97 Å². The van der Waals surface area contributed by atoms with Gasteiger partial charge in [0.15, 0.2) is 0 Å². The third-order valence-electron chi connectivity index (χ3n) is 3.91. The molecule has 0 amide bonds. The first-order chi connectivity index (χ1) is 10.1. The molecule has 2 atom stereocenters. The second-order valence-electron chi connectivity index (χ2n) is 5.43. The number of esters is 1. The lowest BCUT2D eigenvalue weighted by Crippen LogP contribution is -2.33. The van der Waals surface area contributed by atoms with E-state index in [-0.39, 0.29) is 11.7 Å². The van der Waals surface area contributed by atoms with Gasteiger partial charge in [0.2, 0.25) is 0 Å². The molecule has 1 saturated carbocycles. The molecule has 4 heteroatoms. The van der Waals surface area contributed by atoms with Crippen molar-refractivity contribution in [3.63, 3.8) is 0 Å². The molecule has 0 spiro atoms. The Labute approximate surface area is 124 Å². The molecule has 0 bridgehead atoms. The van der Waals surface area contributed by atoms with Crippen molar-refractivity contribution in [2.24, 2.45) is 11.8 Å². The van der Waals surface area contributed by atoms with Crippen LogP contribution in [0.4, 0.5) is 0 Å².